The van der Waals surface area contributed by atoms with Crippen molar-refractivity contribution in [2.75, 3.05) is 26.8 Å². The number of methoxy groups -OCH3 is 1. The van der Waals surface area contributed by atoms with E-state index in [1.807, 2.05) is 0 Å². The van der Waals surface area contributed by atoms with Gasteiger partial charge in [-0.15, -0.1) is 0 Å². The van der Waals surface area contributed by atoms with Crippen molar-refractivity contribution in [3.05, 3.63) is 0 Å². The van der Waals surface area contributed by atoms with Crippen LogP contribution >= 0.6 is 0 Å². The molecule has 0 aromatic rings. The van der Waals surface area contributed by atoms with Crippen molar-refractivity contribution in [1.29, 1.82) is 0 Å². The summed E-state index contributed by atoms with van der Waals surface area (Å²) in [6.07, 6.45) is 5.81. The highest BCUT2D eigenvalue weighted by Crippen LogP contribution is 2.70. The number of hydrogen-bond donors (Lipinski definition) is 1. The molecule has 15 heavy (non-hydrogen) atoms. The van der Waals surface area contributed by atoms with Gasteiger partial charge in [-0.2, -0.15) is 0 Å². The van der Waals surface area contributed by atoms with E-state index in [1.165, 1.54) is 32.2 Å². The lowest BCUT2D eigenvalue weighted by Gasteiger charge is -2.28. The van der Waals surface area contributed by atoms with Crippen LogP contribution < -0.4 is 5.32 Å². The summed E-state index contributed by atoms with van der Waals surface area (Å²) in [5, 5.41) is 3.51. The average Bonchev–Trinajstić information content (AvgIpc) is 2.80. The summed E-state index contributed by atoms with van der Waals surface area (Å²) in [5.41, 5.74) is 1.30. The molecule has 0 aromatic heterocycles. The molecule has 1 N–H and O–H groups in total. The van der Waals surface area contributed by atoms with Gasteiger partial charge in [0.2, 0.25) is 0 Å². The van der Waals surface area contributed by atoms with E-state index in [4.69, 9.17) is 4.74 Å². The summed E-state index contributed by atoms with van der Waals surface area (Å²) in [6, 6.07) is 0. The molecule has 2 saturated carbocycles. The van der Waals surface area contributed by atoms with Crippen molar-refractivity contribution in [3.8, 4) is 0 Å². The third kappa shape index (κ3) is 1.94. The van der Waals surface area contributed by atoms with E-state index in [2.05, 4.69) is 19.2 Å². The first-order valence-electron chi connectivity index (χ1n) is 6.32. The van der Waals surface area contributed by atoms with E-state index in [0.29, 0.717) is 10.8 Å². The van der Waals surface area contributed by atoms with Crippen LogP contribution in [-0.2, 0) is 4.74 Å². The molecule has 2 atom stereocenters. The molecule has 0 bridgehead atoms. The first-order chi connectivity index (χ1) is 7.12. The Morgan fingerprint density at radius 3 is 2.73 bits per heavy atom. The second kappa shape index (κ2) is 4.06. The second-order valence-corrected chi connectivity index (χ2v) is 5.99. The molecule has 2 unspecified atom stereocenters. The Kier molecular flexibility index (Phi) is 3.09. The summed E-state index contributed by atoms with van der Waals surface area (Å²) in [4.78, 5) is 0. The first kappa shape index (κ1) is 11.4. The monoisotopic (exact) mass is 211 g/mol. The summed E-state index contributed by atoms with van der Waals surface area (Å²) >= 11 is 0. The minimum absolute atomic E-state index is 0.598. The van der Waals surface area contributed by atoms with Crippen LogP contribution in [-0.4, -0.2) is 26.8 Å². The Morgan fingerprint density at radius 1 is 1.33 bits per heavy atom. The van der Waals surface area contributed by atoms with E-state index >= 15 is 0 Å². The molecular formula is C13H25NO. The first-order valence-corrected chi connectivity index (χ1v) is 6.32. The minimum atomic E-state index is 0.598. The molecule has 1 spiro atoms. The van der Waals surface area contributed by atoms with Crippen LogP contribution in [0, 0.1) is 16.7 Å². The van der Waals surface area contributed by atoms with Crippen molar-refractivity contribution in [3.63, 3.8) is 0 Å². The highest BCUT2D eigenvalue weighted by atomic mass is 16.5. The van der Waals surface area contributed by atoms with Gasteiger partial charge in [-0.1, -0.05) is 20.3 Å². The molecule has 0 aliphatic heterocycles. The van der Waals surface area contributed by atoms with Gasteiger partial charge in [0.15, 0.2) is 0 Å². The van der Waals surface area contributed by atoms with Crippen molar-refractivity contribution >= 4 is 0 Å². The zero-order chi connectivity index (χ0) is 10.9. The highest BCUT2D eigenvalue weighted by Gasteiger charge is 2.63. The van der Waals surface area contributed by atoms with Gasteiger partial charge >= 0.3 is 0 Å². The van der Waals surface area contributed by atoms with Crippen LogP contribution in [0.3, 0.4) is 0 Å². The smallest absolute Gasteiger partial charge is 0.0587 e. The van der Waals surface area contributed by atoms with Gasteiger partial charge in [-0.25, -0.2) is 0 Å². The SMILES string of the molecule is COCCNCC1CC12CCCC2(C)C. The van der Waals surface area contributed by atoms with E-state index in [9.17, 15) is 0 Å². The maximum absolute atomic E-state index is 5.04. The summed E-state index contributed by atoms with van der Waals surface area (Å²) in [7, 11) is 1.76. The van der Waals surface area contributed by atoms with E-state index in [-0.39, 0.29) is 0 Å². The molecule has 88 valence electrons. The maximum atomic E-state index is 5.04. The number of hydrogen-bond acceptors (Lipinski definition) is 2. The third-order valence-corrected chi connectivity index (χ3v) is 4.88. The normalized spacial score (nSPS) is 37.4. The maximum Gasteiger partial charge on any atom is 0.0587 e. The Morgan fingerprint density at radius 2 is 2.13 bits per heavy atom. The summed E-state index contributed by atoms with van der Waals surface area (Å²) < 4.78 is 5.04. The van der Waals surface area contributed by atoms with Crippen LogP contribution in [0.25, 0.3) is 0 Å². The molecule has 0 heterocycles. The topological polar surface area (TPSA) is 21.3 Å². The molecule has 0 radical (unpaired) electrons. The van der Waals surface area contributed by atoms with Gasteiger partial charge in [0.1, 0.15) is 0 Å². The lowest BCUT2D eigenvalue weighted by molar-refractivity contribution is 0.192. The van der Waals surface area contributed by atoms with Crippen LogP contribution in [0.4, 0.5) is 0 Å². The molecule has 2 fully saturated rings. The predicted molar refractivity (Wildman–Crippen MR) is 62.9 cm³/mol. The van der Waals surface area contributed by atoms with Gasteiger partial charge in [0.05, 0.1) is 6.61 Å². The number of rotatable bonds is 5. The minimum Gasteiger partial charge on any atom is -0.383 e. The van der Waals surface area contributed by atoms with Crippen molar-refractivity contribution in [2.24, 2.45) is 16.7 Å². The van der Waals surface area contributed by atoms with Crippen LogP contribution in [0.1, 0.15) is 39.5 Å². The van der Waals surface area contributed by atoms with Crippen molar-refractivity contribution < 1.29 is 4.74 Å². The van der Waals surface area contributed by atoms with Crippen molar-refractivity contribution in [2.45, 2.75) is 39.5 Å². The van der Waals surface area contributed by atoms with Gasteiger partial charge in [0, 0.05) is 13.7 Å². The predicted octanol–water partition coefficient (Wildman–Crippen LogP) is 2.44. The molecule has 0 aromatic carbocycles. The lowest BCUT2D eigenvalue weighted by Crippen LogP contribution is -2.27. The van der Waals surface area contributed by atoms with E-state index < -0.39 is 0 Å². The molecule has 2 aliphatic rings. The molecule has 2 nitrogen and oxygen atoms in total. The molecule has 2 heteroatoms. The molecule has 2 aliphatic carbocycles. The number of ether oxygens (including phenoxy) is 1. The largest absolute Gasteiger partial charge is 0.383 e. The average molecular weight is 211 g/mol. The zero-order valence-corrected chi connectivity index (χ0v) is 10.4. The van der Waals surface area contributed by atoms with Gasteiger partial charge in [-0.3, -0.25) is 0 Å². The van der Waals surface area contributed by atoms with Crippen LogP contribution in [0.5, 0.6) is 0 Å². The van der Waals surface area contributed by atoms with Gasteiger partial charge < -0.3 is 10.1 Å². The fourth-order valence-electron chi connectivity index (χ4n) is 3.67. The van der Waals surface area contributed by atoms with Gasteiger partial charge in [-0.05, 0) is 42.6 Å². The highest BCUT2D eigenvalue weighted by molar-refractivity contribution is 5.13. The second-order valence-electron chi connectivity index (χ2n) is 5.99. The zero-order valence-electron chi connectivity index (χ0n) is 10.4. The molecule has 0 saturated heterocycles. The third-order valence-electron chi connectivity index (χ3n) is 4.88. The molecular weight excluding hydrogens is 186 g/mol. The van der Waals surface area contributed by atoms with Crippen LogP contribution in [0.15, 0.2) is 0 Å². The Hall–Kier alpha value is -0.0800. The Balaban J connectivity index is 1.75. The molecule has 2 rings (SSSR count). The standard InChI is InChI=1S/C13H25NO/c1-12(2)5-4-6-13(12)9-11(13)10-14-7-8-15-3/h11,14H,4-10H2,1-3H3. The molecule has 0 amide bonds. The van der Waals surface area contributed by atoms with E-state index in [1.54, 1.807) is 7.11 Å². The fraction of sp³-hybridized carbons (Fsp3) is 1.00. The van der Waals surface area contributed by atoms with E-state index in [0.717, 1.165) is 19.1 Å². The van der Waals surface area contributed by atoms with Crippen LogP contribution in [0.2, 0.25) is 0 Å². The fourth-order valence-corrected chi connectivity index (χ4v) is 3.67. The lowest BCUT2D eigenvalue weighted by atomic mass is 9.77. The number of nitrogens with one attached hydrogen (secondary N) is 1. The summed E-state index contributed by atoms with van der Waals surface area (Å²) in [6.45, 7) is 7.98. The van der Waals surface area contributed by atoms with Gasteiger partial charge in [0.25, 0.3) is 0 Å². The summed E-state index contributed by atoms with van der Waals surface area (Å²) in [5.74, 6) is 0.937. The Labute approximate surface area is 93.8 Å². The van der Waals surface area contributed by atoms with Crippen molar-refractivity contribution in [1.82, 2.24) is 5.32 Å². The quantitative estimate of drug-likeness (QED) is 0.705. The Bertz CT molecular complexity index is 227.